The molecule has 1 saturated heterocycles. The van der Waals surface area contributed by atoms with Gasteiger partial charge in [-0.3, -0.25) is 19.9 Å². The van der Waals surface area contributed by atoms with Crippen LogP contribution in [-0.2, 0) is 14.3 Å². The van der Waals surface area contributed by atoms with Crippen LogP contribution in [0.5, 0.6) is 5.75 Å². The van der Waals surface area contributed by atoms with Crippen LogP contribution in [0.15, 0.2) is 30.4 Å². The van der Waals surface area contributed by atoms with E-state index in [0.717, 1.165) is 11.3 Å². The lowest BCUT2D eigenvalue weighted by Gasteiger charge is -2.41. The molecule has 4 rings (SSSR count). The maximum absolute atomic E-state index is 13.4. The zero-order valence-corrected chi connectivity index (χ0v) is 21.7. The number of hydrogen-bond donors (Lipinski definition) is 3. The Morgan fingerprint density at radius 1 is 1.40 bits per heavy atom. The largest absolute Gasteiger partial charge is 0.487 e. The lowest BCUT2D eigenvalue weighted by molar-refractivity contribution is -0.132. The summed E-state index contributed by atoms with van der Waals surface area (Å²) in [5.74, 6) is 0.284. The van der Waals surface area contributed by atoms with Crippen molar-refractivity contribution in [1.29, 1.82) is 5.41 Å². The van der Waals surface area contributed by atoms with Crippen LogP contribution in [0.1, 0.15) is 58.6 Å². The minimum Gasteiger partial charge on any atom is -0.487 e. The van der Waals surface area contributed by atoms with E-state index in [-0.39, 0.29) is 42.1 Å². The second-order valence-corrected chi connectivity index (χ2v) is 11.4. The molecule has 8 nitrogen and oxygen atoms in total. The number of guanidine groups is 1. The summed E-state index contributed by atoms with van der Waals surface area (Å²) in [7, 11) is 1.60. The van der Waals surface area contributed by atoms with Crippen molar-refractivity contribution < 1.29 is 19.1 Å². The molecule has 3 N–H and O–H groups in total. The monoisotopic (exact) mass is 502 g/mol. The molecule has 1 saturated carbocycles. The van der Waals surface area contributed by atoms with Gasteiger partial charge in [-0.1, -0.05) is 23.8 Å². The van der Waals surface area contributed by atoms with E-state index >= 15 is 0 Å². The number of methoxy groups -OCH3 is 1. The van der Waals surface area contributed by atoms with Gasteiger partial charge in [0.1, 0.15) is 11.4 Å². The van der Waals surface area contributed by atoms with Crippen LogP contribution in [0.25, 0.3) is 0 Å². The van der Waals surface area contributed by atoms with Gasteiger partial charge in [0.25, 0.3) is 0 Å². The predicted molar refractivity (Wildman–Crippen MR) is 134 cm³/mol. The summed E-state index contributed by atoms with van der Waals surface area (Å²) in [5, 5.41) is 15.4. The fourth-order valence-corrected chi connectivity index (χ4v) is 5.35. The van der Waals surface area contributed by atoms with Crippen LogP contribution < -0.4 is 15.4 Å². The Labute approximate surface area is 211 Å². The minimum atomic E-state index is -0.476. The zero-order chi connectivity index (χ0) is 25.5. The molecule has 2 amide bonds. The third kappa shape index (κ3) is 5.64. The second-order valence-electron chi connectivity index (χ2n) is 11.0. The molecule has 1 aromatic carbocycles. The molecular weight excluding hydrogens is 468 g/mol. The SMILES string of the molecule is COC/C=C/C([C@@H]1C[C@H]1C(=O)N[C@H]1CC(C)(C)Oc2ccc(Cl)cc21)N1C(=N)NC(C)(C)CC1=O. The molecule has 35 heavy (non-hydrogen) atoms. The topological polar surface area (TPSA) is 104 Å². The van der Waals surface area contributed by atoms with Crippen LogP contribution >= 0.6 is 11.6 Å². The van der Waals surface area contributed by atoms with Gasteiger partial charge < -0.3 is 20.1 Å². The molecule has 0 aromatic heterocycles. The predicted octanol–water partition coefficient (Wildman–Crippen LogP) is 3.80. The van der Waals surface area contributed by atoms with E-state index in [0.29, 0.717) is 24.5 Å². The van der Waals surface area contributed by atoms with Crippen molar-refractivity contribution in [1.82, 2.24) is 15.5 Å². The maximum atomic E-state index is 13.4. The fraction of sp³-hybridized carbons (Fsp3) is 0.577. The highest BCUT2D eigenvalue weighted by Gasteiger charge is 2.52. The minimum absolute atomic E-state index is 0.0574. The van der Waals surface area contributed by atoms with Crippen molar-refractivity contribution in [2.45, 2.75) is 70.2 Å². The van der Waals surface area contributed by atoms with Gasteiger partial charge in [-0.2, -0.15) is 0 Å². The Morgan fingerprint density at radius 3 is 2.83 bits per heavy atom. The summed E-state index contributed by atoms with van der Waals surface area (Å²) < 4.78 is 11.2. The quantitative estimate of drug-likeness (QED) is 0.492. The molecule has 0 bridgehead atoms. The molecule has 1 aliphatic carbocycles. The van der Waals surface area contributed by atoms with E-state index in [2.05, 4.69) is 10.6 Å². The summed E-state index contributed by atoms with van der Waals surface area (Å²) in [4.78, 5) is 27.9. The second kappa shape index (κ2) is 9.47. The average molecular weight is 503 g/mol. The van der Waals surface area contributed by atoms with Gasteiger partial charge in [0.05, 0.1) is 18.7 Å². The first-order valence-corrected chi connectivity index (χ1v) is 12.4. The summed E-state index contributed by atoms with van der Waals surface area (Å²) in [6.07, 6.45) is 5.28. The highest BCUT2D eigenvalue weighted by molar-refractivity contribution is 6.30. The number of nitrogens with zero attached hydrogens (tertiary/aromatic N) is 1. The number of carbonyl (C=O) groups excluding carboxylic acids is 2. The first-order valence-electron chi connectivity index (χ1n) is 12.0. The molecule has 1 aromatic rings. The fourth-order valence-electron chi connectivity index (χ4n) is 5.17. The number of ether oxygens (including phenoxy) is 2. The van der Waals surface area contributed by atoms with Crippen molar-refractivity contribution >= 4 is 29.4 Å². The Bertz CT molecular complexity index is 1030. The lowest BCUT2D eigenvalue weighted by atomic mass is 9.89. The smallest absolute Gasteiger partial charge is 0.232 e. The van der Waals surface area contributed by atoms with Crippen molar-refractivity contribution in [2.75, 3.05) is 13.7 Å². The standard InChI is InChI=1S/C26H35ClN4O4/c1-25(2)14-22(32)31(24(28)30-25)20(7-6-10-34-5)16-12-17(16)23(33)29-19-13-26(3,4)35-21-9-8-15(27)11-18(19)21/h6-9,11,16-17,19-20H,10,12-14H2,1-5H3,(H2,28,30)(H,29,33)/b7-6+/t16-,17-,19+,20?/m1/s1. The Hall–Kier alpha value is -2.58. The molecular formula is C26H35ClN4O4. The number of benzene rings is 1. The summed E-state index contributed by atoms with van der Waals surface area (Å²) >= 11 is 6.23. The number of amides is 2. The van der Waals surface area contributed by atoms with Crippen LogP contribution in [0, 0.1) is 17.2 Å². The lowest BCUT2D eigenvalue weighted by Crippen LogP contribution is -2.62. The van der Waals surface area contributed by atoms with E-state index in [1.54, 1.807) is 13.2 Å². The van der Waals surface area contributed by atoms with Crippen LogP contribution in [-0.4, -0.2) is 53.6 Å². The molecule has 4 atom stereocenters. The first kappa shape index (κ1) is 25.5. The van der Waals surface area contributed by atoms with Gasteiger partial charge in [-0.15, -0.1) is 0 Å². The Balaban J connectivity index is 1.51. The van der Waals surface area contributed by atoms with Gasteiger partial charge in [0.15, 0.2) is 5.96 Å². The Morgan fingerprint density at radius 2 is 2.14 bits per heavy atom. The number of fused-ring (bicyclic) bond motifs is 1. The molecule has 3 aliphatic rings. The van der Waals surface area contributed by atoms with Gasteiger partial charge in [0.2, 0.25) is 11.8 Å². The van der Waals surface area contributed by atoms with E-state index in [1.165, 1.54) is 4.90 Å². The van der Waals surface area contributed by atoms with E-state index < -0.39 is 17.2 Å². The summed E-state index contributed by atoms with van der Waals surface area (Å²) in [6, 6.07) is 4.86. The molecule has 0 radical (unpaired) electrons. The van der Waals surface area contributed by atoms with Crippen LogP contribution in [0.2, 0.25) is 5.02 Å². The van der Waals surface area contributed by atoms with Crippen molar-refractivity contribution in [3.05, 3.63) is 40.9 Å². The molecule has 9 heteroatoms. The normalized spacial score (nSPS) is 27.6. The van der Waals surface area contributed by atoms with Crippen molar-refractivity contribution in [3.8, 4) is 5.75 Å². The molecule has 1 unspecified atom stereocenters. The van der Waals surface area contributed by atoms with E-state index in [4.69, 9.17) is 26.5 Å². The summed E-state index contributed by atoms with van der Waals surface area (Å²) in [6.45, 7) is 8.20. The number of hydrogen-bond acceptors (Lipinski definition) is 5. The number of rotatable bonds is 7. The highest BCUT2D eigenvalue weighted by atomic mass is 35.5. The summed E-state index contributed by atoms with van der Waals surface area (Å²) in [5.41, 5.74) is -0.0321. The first-order chi connectivity index (χ1) is 16.4. The number of halogens is 1. The average Bonchev–Trinajstić information content (AvgIpc) is 3.52. The van der Waals surface area contributed by atoms with Gasteiger partial charge >= 0.3 is 0 Å². The van der Waals surface area contributed by atoms with E-state index in [1.807, 2.05) is 52.0 Å². The van der Waals surface area contributed by atoms with E-state index in [9.17, 15) is 9.59 Å². The number of nitrogens with one attached hydrogen (secondary N) is 3. The number of carbonyl (C=O) groups is 2. The highest BCUT2D eigenvalue weighted by Crippen LogP contribution is 2.46. The maximum Gasteiger partial charge on any atom is 0.232 e. The van der Waals surface area contributed by atoms with Gasteiger partial charge in [0, 0.05) is 42.0 Å². The van der Waals surface area contributed by atoms with Gasteiger partial charge in [-0.25, -0.2) is 0 Å². The molecule has 2 fully saturated rings. The van der Waals surface area contributed by atoms with Gasteiger partial charge in [-0.05, 0) is 58.2 Å². The molecule has 2 aliphatic heterocycles. The van der Waals surface area contributed by atoms with Crippen LogP contribution in [0.4, 0.5) is 0 Å². The van der Waals surface area contributed by atoms with Crippen molar-refractivity contribution in [2.24, 2.45) is 11.8 Å². The third-order valence-electron chi connectivity index (χ3n) is 6.81. The molecule has 2 heterocycles. The molecule has 190 valence electrons. The molecule has 0 spiro atoms. The third-order valence-corrected chi connectivity index (χ3v) is 7.05. The van der Waals surface area contributed by atoms with Crippen molar-refractivity contribution in [3.63, 3.8) is 0 Å². The zero-order valence-electron chi connectivity index (χ0n) is 21.0. The Kier molecular flexibility index (Phi) is 6.90. The van der Waals surface area contributed by atoms with Crippen LogP contribution in [0.3, 0.4) is 0 Å².